The van der Waals surface area contributed by atoms with Crippen LogP contribution in [-0.2, 0) is 28.4 Å². The number of nitro benzene ring substituents is 1. The number of carbonyl (C=O) groups is 1. The van der Waals surface area contributed by atoms with E-state index in [4.69, 9.17) is 108 Å². The lowest BCUT2D eigenvalue weighted by Gasteiger charge is -2.25. The molecule has 0 spiro atoms. The minimum Gasteiger partial charge on any atom is -0.443 e. The molecule has 0 saturated carbocycles. The summed E-state index contributed by atoms with van der Waals surface area (Å²) in [5, 5.41) is 37.6. The number of nitro groups is 1. The van der Waals surface area contributed by atoms with Gasteiger partial charge in [-0.25, -0.2) is 4.79 Å². The molecule has 28 heteroatoms. The Kier molecular flexibility index (Phi) is 30.8. The lowest BCUT2D eigenvalue weighted by Crippen LogP contribution is -2.27. The molecular formula is C76H77BBr2Cl6I2N6O11. The van der Waals surface area contributed by atoms with E-state index in [1.165, 1.54) is 65.8 Å². The molecule has 5 aliphatic heterocycles. The third-order valence-electron chi connectivity index (χ3n) is 17.8. The monoisotopic (exact) mass is 1880 g/mol. The number of nitrogens with one attached hydrogen (secondary N) is 4. The molecule has 6 N–H and O–H groups in total. The molecule has 550 valence electrons. The van der Waals surface area contributed by atoms with Gasteiger partial charge in [0.15, 0.2) is 0 Å². The van der Waals surface area contributed by atoms with E-state index in [-0.39, 0.29) is 11.8 Å². The van der Waals surface area contributed by atoms with Crippen molar-refractivity contribution in [3.8, 4) is 0 Å². The molecule has 0 aliphatic carbocycles. The molecule has 5 aromatic heterocycles. The first-order valence-electron chi connectivity index (χ1n) is 33.8. The number of carbonyl (C=O) groups excluding carboxylic acids is 1. The number of fused-ring (bicyclic) bond motifs is 5. The van der Waals surface area contributed by atoms with Gasteiger partial charge in [-0.05, 0) is 286 Å². The van der Waals surface area contributed by atoms with Gasteiger partial charge >= 0.3 is 13.2 Å². The second-order valence-corrected chi connectivity index (χ2v) is 32.6. The van der Waals surface area contributed by atoms with Gasteiger partial charge in [-0.15, -0.1) is 0 Å². The van der Waals surface area contributed by atoms with Crippen LogP contribution in [0.4, 0.5) is 10.5 Å². The minimum absolute atomic E-state index is 0.0226. The standard InChI is InChI=1S/C18H21ClINO3.C13H13ClINO.C13H14ClNO.C13H12ClNO.C8H5BrClN.C6H3BrClNO2.C5H9BO3/c1-18(2,3)24-17(22)21-10-15(20)14-9-12(19)8-13(16(14)21)11-4-6-23-7-5-11;14-9-5-10(8-1-3-17-4-2-8)13-11(6-9)12(15)7-16-13;2*14-11-7-10-1-4-15-13(10)12(8-11)9-2-5-16-6-3-9;9-7-4-6(10)3-5-1-2-11-8(5)7;7-5-3-4(8)1-2-6(5)9(10)11;7-6(8)5-1-3-9-4-2-5/h8-11H,4-7H2,1-3H3;5-8,16H,1-4H2;1,4,7-9,15H,2-3,5-6H2;1-2,4,7-8,15H,3,5-6H2;1-4,11H;1-3H;1,7-8H,2-4H2. The Bertz CT molecular complexity index is 4830. The molecule has 11 aromatic rings. The van der Waals surface area contributed by atoms with Crippen molar-refractivity contribution in [2.75, 3.05) is 66.1 Å². The SMILES string of the molecule is CC(C)(C)OC(=O)n1cc(I)c2cc(Cl)cc(C3CCOCC3)c21.Clc1cc(Br)c2[nH]ccc2c1.Clc1cc(C2=CCOCC2)c2[nH]ccc2c1.Clc1cc(C2CCOCC2)c2[nH]cc(I)c2c1.Clc1cc(C2CCOCC2)c2[nH]ccc2c1.O=[N+]([O-])c1ccc(Cl)cc1Br.OB(O)C1=CCOCC1. The van der Waals surface area contributed by atoms with Gasteiger partial charge in [0.25, 0.3) is 5.69 Å². The number of hydrogen-bond acceptors (Lipinski definition) is 11. The second kappa shape index (κ2) is 39.1. The van der Waals surface area contributed by atoms with Gasteiger partial charge in [0.2, 0.25) is 0 Å². The molecule has 3 fully saturated rings. The molecule has 10 heterocycles. The van der Waals surface area contributed by atoms with Crippen LogP contribution in [0, 0.1) is 17.3 Å². The summed E-state index contributed by atoms with van der Waals surface area (Å²) in [6.45, 7) is 13.1. The van der Waals surface area contributed by atoms with Gasteiger partial charge in [-0.3, -0.25) is 14.7 Å². The van der Waals surface area contributed by atoms with Gasteiger partial charge in [0.05, 0.1) is 57.9 Å². The fourth-order valence-corrected chi connectivity index (χ4v) is 16.7. The molecule has 104 heavy (non-hydrogen) atoms. The molecule has 17 nitrogen and oxygen atoms in total. The Morgan fingerprint density at radius 1 is 0.558 bits per heavy atom. The predicted molar refractivity (Wildman–Crippen MR) is 446 cm³/mol. The summed E-state index contributed by atoms with van der Waals surface area (Å²) >= 11 is 47.3. The fourth-order valence-electron chi connectivity index (χ4n) is 12.8. The van der Waals surface area contributed by atoms with Gasteiger partial charge in [0, 0.05) is 156 Å². The maximum atomic E-state index is 12.7. The molecule has 3 saturated heterocycles. The van der Waals surface area contributed by atoms with Crippen molar-refractivity contribution in [3.05, 3.63) is 224 Å². The zero-order valence-electron chi connectivity index (χ0n) is 57.1. The van der Waals surface area contributed by atoms with Gasteiger partial charge in [-0.2, -0.15) is 0 Å². The highest BCUT2D eigenvalue weighted by Gasteiger charge is 2.28. The average Bonchev–Trinajstić information content (AvgIpc) is 1.60. The van der Waals surface area contributed by atoms with Crippen LogP contribution >= 0.6 is 147 Å². The largest absolute Gasteiger partial charge is 0.483 e. The van der Waals surface area contributed by atoms with Crippen LogP contribution in [0.15, 0.2) is 155 Å². The molecule has 0 atom stereocenters. The van der Waals surface area contributed by atoms with Crippen molar-refractivity contribution in [1.82, 2.24) is 24.5 Å². The topological polar surface area (TPSA) is 224 Å². The van der Waals surface area contributed by atoms with Crippen LogP contribution < -0.4 is 0 Å². The van der Waals surface area contributed by atoms with E-state index in [9.17, 15) is 14.9 Å². The van der Waals surface area contributed by atoms with Crippen molar-refractivity contribution in [2.45, 2.75) is 95.5 Å². The third kappa shape index (κ3) is 22.5. The average molecular weight is 1890 g/mol. The quantitative estimate of drug-likeness (QED) is 0.0397. The highest BCUT2D eigenvalue weighted by atomic mass is 127. The summed E-state index contributed by atoms with van der Waals surface area (Å²) in [4.78, 5) is 35.6. The molecular weight excluding hydrogens is 1810 g/mol. The van der Waals surface area contributed by atoms with Gasteiger partial charge in [0.1, 0.15) is 5.60 Å². The third-order valence-corrected chi connectivity index (χ3v) is 22.1. The number of aromatic amines is 4. The van der Waals surface area contributed by atoms with E-state index >= 15 is 0 Å². The highest BCUT2D eigenvalue weighted by molar-refractivity contribution is 14.1. The minimum atomic E-state index is -1.28. The van der Waals surface area contributed by atoms with Crippen LogP contribution in [0.5, 0.6) is 0 Å². The van der Waals surface area contributed by atoms with Crippen molar-refractivity contribution in [1.29, 1.82) is 0 Å². The maximum Gasteiger partial charge on any atom is 0.483 e. The molecule has 0 unspecified atom stereocenters. The fraction of sp³-hybridized carbons (Fsp3) is 0.329. The Morgan fingerprint density at radius 3 is 1.57 bits per heavy atom. The molecule has 5 aliphatic rings. The van der Waals surface area contributed by atoms with E-state index in [2.05, 4.69) is 121 Å². The zero-order valence-corrected chi connectivity index (χ0v) is 69.1. The van der Waals surface area contributed by atoms with Crippen LogP contribution in [-0.4, -0.2) is 124 Å². The summed E-state index contributed by atoms with van der Waals surface area (Å²) in [6, 6.07) is 30.4. The molecule has 0 radical (unpaired) electrons. The number of benzene rings is 6. The maximum absolute atomic E-state index is 12.7. The summed E-state index contributed by atoms with van der Waals surface area (Å²) in [7, 11) is -1.28. The summed E-state index contributed by atoms with van der Waals surface area (Å²) in [5.74, 6) is 1.49. The number of halogens is 10. The van der Waals surface area contributed by atoms with Crippen LogP contribution in [0.25, 0.3) is 60.1 Å². The van der Waals surface area contributed by atoms with Gasteiger partial charge < -0.3 is 58.4 Å². The second-order valence-electron chi connectivity index (χ2n) is 26.0. The Hall–Kier alpha value is -4.69. The van der Waals surface area contributed by atoms with Crippen LogP contribution in [0.1, 0.15) is 112 Å². The summed E-state index contributed by atoms with van der Waals surface area (Å²) < 4.78 is 37.4. The van der Waals surface area contributed by atoms with E-state index in [1.807, 2.05) is 112 Å². The van der Waals surface area contributed by atoms with Crippen LogP contribution in [0.3, 0.4) is 0 Å². The smallest absolute Gasteiger partial charge is 0.443 e. The van der Waals surface area contributed by atoms with E-state index < -0.39 is 17.6 Å². The number of ether oxygens (including phenoxy) is 6. The number of H-pyrrole nitrogens is 4. The Morgan fingerprint density at radius 2 is 1.04 bits per heavy atom. The number of nitrogens with zero attached hydrogens (tertiary/aromatic N) is 2. The lowest BCUT2D eigenvalue weighted by molar-refractivity contribution is -0.385. The number of aromatic nitrogens is 5. The molecule has 0 amide bonds. The first-order chi connectivity index (χ1) is 49.9. The predicted octanol–water partition coefficient (Wildman–Crippen LogP) is 23.2. The number of rotatable bonds is 6. The van der Waals surface area contributed by atoms with Crippen LogP contribution in [0.2, 0.25) is 30.1 Å². The van der Waals surface area contributed by atoms with Crippen molar-refractivity contribution in [3.63, 3.8) is 0 Å². The highest BCUT2D eigenvalue weighted by Crippen LogP contribution is 2.41. The first kappa shape index (κ1) is 81.8. The lowest BCUT2D eigenvalue weighted by atomic mass is 9.77. The normalized spacial score (nSPS) is 15.8. The molecule has 6 aromatic carbocycles. The summed E-state index contributed by atoms with van der Waals surface area (Å²) in [6.07, 6.45) is 21.0. The van der Waals surface area contributed by atoms with E-state index in [0.29, 0.717) is 64.0 Å². The Balaban J connectivity index is 0.000000133. The van der Waals surface area contributed by atoms with Crippen molar-refractivity contribution < 1.29 is 48.2 Å². The Labute approximate surface area is 677 Å². The van der Waals surface area contributed by atoms with Crippen molar-refractivity contribution in [2.24, 2.45) is 0 Å². The van der Waals surface area contributed by atoms with E-state index in [1.54, 1.807) is 10.6 Å². The first-order valence-corrected chi connectivity index (χ1v) is 39.8. The number of hydrogen-bond donors (Lipinski definition) is 6. The van der Waals surface area contributed by atoms with E-state index in [0.717, 1.165) is 158 Å². The molecule has 16 rings (SSSR count). The van der Waals surface area contributed by atoms with Crippen molar-refractivity contribution >= 4 is 226 Å². The zero-order chi connectivity index (χ0) is 74.2. The summed E-state index contributed by atoms with van der Waals surface area (Å²) in [5.41, 5.74) is 12.1. The molecule has 0 bridgehead atoms. The van der Waals surface area contributed by atoms with Gasteiger partial charge in [-0.1, -0.05) is 81.8 Å².